The summed E-state index contributed by atoms with van der Waals surface area (Å²) in [5.74, 6) is 1.83. The molecule has 0 spiro atoms. The Morgan fingerprint density at radius 2 is 2.20 bits per heavy atom. The molecular formula is C15H28N3O2+. The van der Waals surface area contributed by atoms with Crippen LogP contribution in [0.2, 0.25) is 0 Å². The molecule has 5 nitrogen and oxygen atoms in total. The number of carbonyl (C=O) groups excluding carboxylic acids is 1. The van der Waals surface area contributed by atoms with Gasteiger partial charge in [0.05, 0.1) is 32.8 Å². The number of rotatable bonds is 3. The number of amides is 2. The summed E-state index contributed by atoms with van der Waals surface area (Å²) in [6, 6.07) is 0.740. The van der Waals surface area contributed by atoms with E-state index in [9.17, 15) is 4.79 Å². The number of quaternary nitrogens is 1. The fraction of sp³-hybridized carbons (Fsp3) is 0.933. The molecule has 0 aromatic heterocycles. The Bertz CT molecular complexity index is 344. The number of ether oxygens (including phenoxy) is 1. The van der Waals surface area contributed by atoms with Crippen molar-refractivity contribution in [3.8, 4) is 0 Å². The SMILES string of the molecule is CC[C@H]1C[NH+]2CC[C@H]1C[C@@H]2CNC(=O)N1CCOCC1. The first-order valence-corrected chi connectivity index (χ1v) is 8.23. The Morgan fingerprint density at radius 1 is 1.40 bits per heavy atom. The molecule has 4 aliphatic rings. The highest BCUT2D eigenvalue weighted by Gasteiger charge is 2.42. The summed E-state index contributed by atoms with van der Waals surface area (Å²) in [5.41, 5.74) is 0. The van der Waals surface area contributed by atoms with Crippen LogP contribution in [0.4, 0.5) is 4.79 Å². The largest absolute Gasteiger partial charge is 0.378 e. The Morgan fingerprint density at radius 3 is 2.85 bits per heavy atom. The maximum absolute atomic E-state index is 12.1. The topological polar surface area (TPSA) is 46.0 Å². The Balaban J connectivity index is 1.46. The van der Waals surface area contributed by atoms with Crippen molar-refractivity contribution in [2.75, 3.05) is 45.9 Å². The van der Waals surface area contributed by atoms with Crippen molar-refractivity contribution < 1.29 is 14.4 Å². The molecule has 2 amide bonds. The molecule has 20 heavy (non-hydrogen) atoms. The lowest BCUT2D eigenvalue weighted by molar-refractivity contribution is -0.945. The van der Waals surface area contributed by atoms with Crippen molar-refractivity contribution in [3.63, 3.8) is 0 Å². The van der Waals surface area contributed by atoms with Crippen LogP contribution in [-0.2, 0) is 4.74 Å². The Kier molecular flexibility index (Phi) is 4.46. The van der Waals surface area contributed by atoms with Gasteiger partial charge in [-0.3, -0.25) is 0 Å². The number of fused-ring (bicyclic) bond motifs is 3. The van der Waals surface area contributed by atoms with E-state index in [-0.39, 0.29) is 6.03 Å². The van der Waals surface area contributed by atoms with Crippen molar-refractivity contribution in [2.45, 2.75) is 32.2 Å². The first kappa shape index (κ1) is 14.1. The van der Waals surface area contributed by atoms with Crippen LogP contribution in [0.3, 0.4) is 0 Å². The van der Waals surface area contributed by atoms with Gasteiger partial charge in [-0.1, -0.05) is 6.92 Å². The molecule has 4 heterocycles. The molecule has 2 N–H and O–H groups in total. The highest BCUT2D eigenvalue weighted by atomic mass is 16.5. The summed E-state index contributed by atoms with van der Waals surface area (Å²) in [6.07, 6.45) is 4.01. The molecule has 0 aliphatic carbocycles. The fourth-order valence-corrected chi connectivity index (χ4v) is 4.22. The molecule has 4 saturated heterocycles. The van der Waals surface area contributed by atoms with E-state index in [0.717, 1.165) is 31.5 Å². The third-order valence-electron chi connectivity index (χ3n) is 5.51. The van der Waals surface area contributed by atoms with Gasteiger partial charge in [0, 0.05) is 31.8 Å². The highest BCUT2D eigenvalue weighted by Crippen LogP contribution is 2.28. The minimum absolute atomic E-state index is 0.0994. The number of nitrogens with zero attached hydrogens (tertiary/aromatic N) is 1. The lowest BCUT2D eigenvalue weighted by Gasteiger charge is -2.47. The molecule has 1 unspecified atom stereocenters. The van der Waals surface area contributed by atoms with Crippen LogP contribution in [0, 0.1) is 11.8 Å². The number of piperidine rings is 3. The molecule has 4 rings (SSSR count). The minimum atomic E-state index is 0.0994. The van der Waals surface area contributed by atoms with Gasteiger partial charge in [-0.2, -0.15) is 0 Å². The zero-order chi connectivity index (χ0) is 13.9. The van der Waals surface area contributed by atoms with Crippen molar-refractivity contribution >= 4 is 6.03 Å². The van der Waals surface area contributed by atoms with Gasteiger partial charge in [0.1, 0.15) is 6.04 Å². The monoisotopic (exact) mass is 282 g/mol. The van der Waals surface area contributed by atoms with E-state index < -0.39 is 0 Å². The predicted molar refractivity (Wildman–Crippen MR) is 76.8 cm³/mol. The number of morpholine rings is 1. The smallest absolute Gasteiger partial charge is 0.317 e. The summed E-state index contributed by atoms with van der Waals surface area (Å²) in [7, 11) is 0. The molecule has 0 radical (unpaired) electrons. The van der Waals surface area contributed by atoms with Crippen molar-refractivity contribution in [1.29, 1.82) is 0 Å². The summed E-state index contributed by atoms with van der Waals surface area (Å²) in [4.78, 5) is 15.7. The second-order valence-corrected chi connectivity index (χ2v) is 6.55. The summed E-state index contributed by atoms with van der Waals surface area (Å²) < 4.78 is 5.28. The van der Waals surface area contributed by atoms with Gasteiger partial charge in [0.25, 0.3) is 0 Å². The van der Waals surface area contributed by atoms with Gasteiger partial charge in [0.15, 0.2) is 0 Å². The first-order valence-electron chi connectivity index (χ1n) is 8.23. The lowest BCUT2D eigenvalue weighted by Crippen LogP contribution is -3.20. The van der Waals surface area contributed by atoms with Gasteiger partial charge in [0.2, 0.25) is 0 Å². The zero-order valence-electron chi connectivity index (χ0n) is 12.6. The van der Waals surface area contributed by atoms with Gasteiger partial charge in [-0.15, -0.1) is 0 Å². The number of carbonyl (C=O) groups is 1. The molecular weight excluding hydrogens is 254 g/mol. The quantitative estimate of drug-likeness (QED) is 0.749. The Hall–Kier alpha value is -0.810. The van der Waals surface area contributed by atoms with Crippen LogP contribution in [0.5, 0.6) is 0 Å². The van der Waals surface area contributed by atoms with E-state index in [0.29, 0.717) is 19.3 Å². The summed E-state index contributed by atoms with van der Waals surface area (Å²) in [5, 5.41) is 3.15. The fourth-order valence-electron chi connectivity index (χ4n) is 4.22. The minimum Gasteiger partial charge on any atom is -0.378 e. The standard InChI is InChI=1S/C15H27N3O2/c1-2-12-11-18-4-3-13(12)9-14(18)10-16-15(19)17-5-7-20-8-6-17/h12-14H,2-11H2,1H3,(H,16,19)/p+1/t12-,13-,14+/m0/s1. The van der Waals surface area contributed by atoms with Crippen molar-refractivity contribution in [1.82, 2.24) is 10.2 Å². The predicted octanol–water partition coefficient (Wildman–Crippen LogP) is -0.268. The maximum atomic E-state index is 12.1. The van der Waals surface area contributed by atoms with E-state index in [1.54, 1.807) is 4.90 Å². The average molecular weight is 282 g/mol. The average Bonchev–Trinajstić information content (AvgIpc) is 2.53. The molecule has 2 bridgehead atoms. The lowest BCUT2D eigenvalue weighted by atomic mass is 9.74. The molecule has 4 atom stereocenters. The van der Waals surface area contributed by atoms with Crippen LogP contribution < -0.4 is 10.2 Å². The van der Waals surface area contributed by atoms with Gasteiger partial charge in [-0.25, -0.2) is 4.79 Å². The number of urea groups is 1. The molecule has 4 fully saturated rings. The van der Waals surface area contributed by atoms with E-state index in [1.165, 1.54) is 32.4 Å². The zero-order valence-corrected chi connectivity index (χ0v) is 12.6. The van der Waals surface area contributed by atoms with Crippen LogP contribution in [0.1, 0.15) is 26.2 Å². The van der Waals surface area contributed by atoms with Crippen molar-refractivity contribution in [2.24, 2.45) is 11.8 Å². The van der Waals surface area contributed by atoms with Crippen LogP contribution in [-0.4, -0.2) is 62.9 Å². The van der Waals surface area contributed by atoms with E-state index in [4.69, 9.17) is 4.74 Å². The number of nitrogens with one attached hydrogen (secondary N) is 2. The first-order chi connectivity index (χ1) is 9.78. The molecule has 4 aliphatic heterocycles. The molecule has 0 aromatic rings. The second kappa shape index (κ2) is 6.31. The third-order valence-corrected chi connectivity index (χ3v) is 5.51. The van der Waals surface area contributed by atoms with E-state index >= 15 is 0 Å². The maximum Gasteiger partial charge on any atom is 0.317 e. The summed E-state index contributed by atoms with van der Waals surface area (Å²) in [6.45, 7) is 8.60. The normalized spacial score (nSPS) is 37.0. The van der Waals surface area contributed by atoms with E-state index in [2.05, 4.69) is 12.2 Å². The van der Waals surface area contributed by atoms with Gasteiger partial charge >= 0.3 is 6.03 Å². The number of hydrogen-bond acceptors (Lipinski definition) is 2. The summed E-state index contributed by atoms with van der Waals surface area (Å²) >= 11 is 0. The molecule has 114 valence electrons. The molecule has 5 heteroatoms. The van der Waals surface area contributed by atoms with Gasteiger partial charge < -0.3 is 19.9 Å². The molecule has 0 saturated carbocycles. The second-order valence-electron chi connectivity index (χ2n) is 6.55. The third kappa shape index (κ3) is 2.93. The van der Waals surface area contributed by atoms with Crippen LogP contribution in [0.15, 0.2) is 0 Å². The molecule has 0 aromatic carbocycles. The Labute approximate surface area is 121 Å². The van der Waals surface area contributed by atoms with Crippen molar-refractivity contribution in [3.05, 3.63) is 0 Å². The number of hydrogen-bond donors (Lipinski definition) is 2. The van der Waals surface area contributed by atoms with E-state index in [1.807, 2.05) is 4.90 Å². The van der Waals surface area contributed by atoms with Crippen LogP contribution in [0.25, 0.3) is 0 Å². The highest BCUT2D eigenvalue weighted by molar-refractivity contribution is 5.74. The van der Waals surface area contributed by atoms with Crippen LogP contribution >= 0.6 is 0 Å². The van der Waals surface area contributed by atoms with Gasteiger partial charge in [-0.05, 0) is 12.3 Å².